The molecule has 1 saturated heterocycles. The molecule has 3 rings (SSSR count). The first kappa shape index (κ1) is 22.6. The van der Waals surface area contributed by atoms with Crippen LogP contribution in [0.4, 0.5) is 0 Å². The molecule has 2 aromatic rings. The molecule has 0 amide bonds. The number of halogens is 1. The van der Waals surface area contributed by atoms with Gasteiger partial charge in [0.15, 0.2) is 5.96 Å². The summed E-state index contributed by atoms with van der Waals surface area (Å²) in [6, 6.07) is 10.6. The Morgan fingerprint density at radius 1 is 1.21 bits per heavy atom. The van der Waals surface area contributed by atoms with Gasteiger partial charge in [-0.15, -0.1) is 24.0 Å². The van der Waals surface area contributed by atoms with E-state index < -0.39 is 0 Å². The molecule has 1 fully saturated rings. The molecular formula is C20H31IN6O. The number of benzene rings is 1. The minimum atomic E-state index is 0. The molecule has 1 aliphatic rings. The number of morpholine rings is 1. The molecule has 1 aromatic carbocycles. The highest BCUT2D eigenvalue weighted by Gasteiger charge is 2.17. The Kier molecular flexibility index (Phi) is 9.72. The van der Waals surface area contributed by atoms with E-state index in [4.69, 9.17) is 9.73 Å². The van der Waals surface area contributed by atoms with Crippen LogP contribution in [0.5, 0.6) is 0 Å². The van der Waals surface area contributed by atoms with Crippen LogP contribution in [0.2, 0.25) is 0 Å². The molecule has 1 aliphatic heterocycles. The number of hydrogen-bond donors (Lipinski definition) is 2. The Bertz CT molecular complexity index is 714. The van der Waals surface area contributed by atoms with E-state index in [1.165, 1.54) is 0 Å². The Labute approximate surface area is 184 Å². The summed E-state index contributed by atoms with van der Waals surface area (Å²) < 4.78 is 7.31. The lowest BCUT2D eigenvalue weighted by molar-refractivity contribution is 0.0211. The molecule has 0 spiro atoms. The normalized spacial score (nSPS) is 16.3. The minimum absolute atomic E-state index is 0. The summed E-state index contributed by atoms with van der Waals surface area (Å²) in [4.78, 5) is 7.15. The lowest BCUT2D eigenvalue weighted by Gasteiger charge is -2.32. The highest BCUT2D eigenvalue weighted by molar-refractivity contribution is 14.0. The third-order valence-electron chi connectivity index (χ3n) is 4.65. The van der Waals surface area contributed by atoms with Crippen LogP contribution in [0.15, 0.2) is 47.7 Å². The number of nitrogens with one attached hydrogen (secondary N) is 2. The maximum absolute atomic E-state index is 5.43. The summed E-state index contributed by atoms with van der Waals surface area (Å²) in [5, 5.41) is 11.2. The van der Waals surface area contributed by atoms with Crippen molar-refractivity contribution in [3.05, 3.63) is 48.3 Å². The van der Waals surface area contributed by atoms with Crippen molar-refractivity contribution in [2.75, 3.05) is 39.4 Å². The highest BCUT2D eigenvalue weighted by Crippen LogP contribution is 2.08. The zero-order valence-corrected chi connectivity index (χ0v) is 19.0. The van der Waals surface area contributed by atoms with Crippen LogP contribution in [-0.4, -0.2) is 66.1 Å². The van der Waals surface area contributed by atoms with E-state index in [-0.39, 0.29) is 24.0 Å². The van der Waals surface area contributed by atoms with Crippen LogP contribution < -0.4 is 10.6 Å². The first-order valence-corrected chi connectivity index (χ1v) is 9.69. The third-order valence-corrected chi connectivity index (χ3v) is 4.65. The quantitative estimate of drug-likeness (QED) is 0.349. The molecule has 0 bridgehead atoms. The molecule has 0 radical (unpaired) electrons. The van der Waals surface area contributed by atoms with E-state index >= 15 is 0 Å². The third kappa shape index (κ3) is 6.75. The van der Waals surface area contributed by atoms with Crippen LogP contribution in [0.25, 0.3) is 5.69 Å². The van der Waals surface area contributed by atoms with Gasteiger partial charge in [-0.1, -0.05) is 18.2 Å². The summed E-state index contributed by atoms with van der Waals surface area (Å²) in [5.41, 5.74) is 2.13. The summed E-state index contributed by atoms with van der Waals surface area (Å²) in [6.45, 7) is 10.2. The lowest BCUT2D eigenvalue weighted by Crippen LogP contribution is -2.49. The van der Waals surface area contributed by atoms with Gasteiger partial charge in [-0.25, -0.2) is 9.67 Å². The van der Waals surface area contributed by atoms with Gasteiger partial charge in [0, 0.05) is 44.0 Å². The average Bonchev–Trinajstić information content (AvgIpc) is 3.20. The summed E-state index contributed by atoms with van der Waals surface area (Å²) in [7, 11) is 0. The Morgan fingerprint density at radius 3 is 2.68 bits per heavy atom. The van der Waals surface area contributed by atoms with Gasteiger partial charge < -0.3 is 15.4 Å². The molecule has 0 saturated carbocycles. The van der Waals surface area contributed by atoms with Crippen LogP contribution in [0.1, 0.15) is 19.4 Å². The zero-order valence-electron chi connectivity index (χ0n) is 16.7. The van der Waals surface area contributed by atoms with Crippen molar-refractivity contribution in [2.45, 2.75) is 26.4 Å². The molecule has 2 N–H and O–H groups in total. The number of hydrogen-bond acceptors (Lipinski definition) is 4. The molecule has 154 valence electrons. The van der Waals surface area contributed by atoms with Crippen molar-refractivity contribution in [1.82, 2.24) is 25.3 Å². The zero-order chi connectivity index (χ0) is 18.9. The van der Waals surface area contributed by atoms with Crippen LogP contribution in [0, 0.1) is 0 Å². The van der Waals surface area contributed by atoms with Gasteiger partial charge in [0.05, 0.1) is 31.6 Å². The predicted octanol–water partition coefficient (Wildman–Crippen LogP) is 2.27. The fourth-order valence-electron chi connectivity index (χ4n) is 3.07. The first-order valence-electron chi connectivity index (χ1n) is 9.69. The second-order valence-corrected chi connectivity index (χ2v) is 6.70. The maximum atomic E-state index is 5.43. The molecule has 0 aliphatic carbocycles. The highest BCUT2D eigenvalue weighted by atomic mass is 127. The average molecular weight is 498 g/mol. The van der Waals surface area contributed by atoms with Crippen molar-refractivity contribution in [3.8, 4) is 5.69 Å². The van der Waals surface area contributed by atoms with Gasteiger partial charge in [0.1, 0.15) is 0 Å². The summed E-state index contributed by atoms with van der Waals surface area (Å²) in [6.07, 6.45) is 3.90. The molecule has 8 heteroatoms. The number of rotatable bonds is 7. The SMILES string of the molecule is CCNC(=NCc1cnn(-c2ccccc2)c1)NCC(C)N1CCOCC1.I. The first-order chi connectivity index (χ1) is 13.3. The van der Waals surface area contributed by atoms with E-state index in [0.29, 0.717) is 12.6 Å². The number of ether oxygens (including phenoxy) is 1. The number of aliphatic imine (C=N–C) groups is 1. The van der Waals surface area contributed by atoms with Gasteiger partial charge in [-0.2, -0.15) is 5.10 Å². The van der Waals surface area contributed by atoms with Gasteiger partial charge in [-0.05, 0) is 26.0 Å². The van der Waals surface area contributed by atoms with Crippen LogP contribution >= 0.6 is 24.0 Å². The van der Waals surface area contributed by atoms with Crippen molar-refractivity contribution in [2.24, 2.45) is 4.99 Å². The molecular weight excluding hydrogens is 467 g/mol. The van der Waals surface area contributed by atoms with E-state index in [1.807, 2.05) is 47.4 Å². The fraction of sp³-hybridized carbons (Fsp3) is 0.500. The van der Waals surface area contributed by atoms with Gasteiger partial charge in [-0.3, -0.25) is 4.90 Å². The topological polar surface area (TPSA) is 66.7 Å². The fourth-order valence-corrected chi connectivity index (χ4v) is 3.07. The largest absolute Gasteiger partial charge is 0.379 e. The van der Waals surface area contributed by atoms with E-state index in [2.05, 4.69) is 34.5 Å². The second-order valence-electron chi connectivity index (χ2n) is 6.70. The Balaban J connectivity index is 0.00000280. The molecule has 1 atom stereocenters. The van der Waals surface area contributed by atoms with Crippen LogP contribution in [0.3, 0.4) is 0 Å². The Morgan fingerprint density at radius 2 is 1.96 bits per heavy atom. The van der Waals surface area contributed by atoms with E-state index in [1.54, 1.807) is 0 Å². The number of aromatic nitrogens is 2. The number of guanidine groups is 1. The van der Waals surface area contributed by atoms with Gasteiger partial charge in [0.2, 0.25) is 0 Å². The molecule has 7 nitrogen and oxygen atoms in total. The van der Waals surface area contributed by atoms with Crippen molar-refractivity contribution in [3.63, 3.8) is 0 Å². The van der Waals surface area contributed by atoms with Crippen molar-refractivity contribution < 1.29 is 4.74 Å². The van der Waals surface area contributed by atoms with Crippen molar-refractivity contribution >= 4 is 29.9 Å². The molecule has 1 unspecified atom stereocenters. The van der Waals surface area contributed by atoms with E-state index in [9.17, 15) is 0 Å². The monoisotopic (exact) mass is 498 g/mol. The Hall–Kier alpha value is -1.65. The number of para-hydroxylation sites is 1. The van der Waals surface area contributed by atoms with Crippen molar-refractivity contribution in [1.29, 1.82) is 0 Å². The standard InChI is InChI=1S/C20H30N6O.HI/c1-3-21-20(22-13-17(2)25-9-11-27-12-10-25)23-14-18-15-24-26(16-18)19-7-5-4-6-8-19;/h4-8,15-17H,3,9-14H2,1-2H3,(H2,21,22,23);1H. The van der Waals surface area contributed by atoms with Gasteiger partial charge in [0.25, 0.3) is 0 Å². The minimum Gasteiger partial charge on any atom is -0.379 e. The predicted molar refractivity (Wildman–Crippen MR) is 124 cm³/mol. The molecule has 28 heavy (non-hydrogen) atoms. The van der Waals surface area contributed by atoms with Gasteiger partial charge >= 0.3 is 0 Å². The molecule has 1 aromatic heterocycles. The maximum Gasteiger partial charge on any atom is 0.191 e. The summed E-state index contributed by atoms with van der Waals surface area (Å²) >= 11 is 0. The van der Waals surface area contributed by atoms with E-state index in [0.717, 1.165) is 56.6 Å². The molecule has 2 heterocycles. The summed E-state index contributed by atoms with van der Waals surface area (Å²) in [5.74, 6) is 0.838. The second kappa shape index (κ2) is 12.0. The lowest BCUT2D eigenvalue weighted by atomic mass is 10.2. The number of nitrogens with zero attached hydrogens (tertiary/aromatic N) is 4. The smallest absolute Gasteiger partial charge is 0.191 e. The van der Waals surface area contributed by atoms with Crippen LogP contribution in [-0.2, 0) is 11.3 Å².